The number of aromatic nitrogens is 2. The van der Waals surface area contributed by atoms with Crippen LogP contribution in [-0.2, 0) is 18.3 Å². The quantitative estimate of drug-likeness (QED) is 0.591. The molecule has 0 aliphatic carbocycles. The van der Waals surface area contributed by atoms with Crippen LogP contribution in [0.1, 0.15) is 5.56 Å². The van der Waals surface area contributed by atoms with E-state index in [0.29, 0.717) is 11.6 Å². The highest BCUT2D eigenvalue weighted by molar-refractivity contribution is 7.19. The summed E-state index contributed by atoms with van der Waals surface area (Å²) in [7, 11) is 2.00. The lowest BCUT2D eigenvalue weighted by molar-refractivity contribution is -0.115. The van der Waals surface area contributed by atoms with Gasteiger partial charge in [0, 0.05) is 30.3 Å². The molecule has 124 valence electrons. The van der Waals surface area contributed by atoms with Crippen molar-refractivity contribution in [1.82, 2.24) is 9.55 Å². The smallest absolute Gasteiger partial charge is 0.230 e. The molecule has 2 aromatic heterocycles. The summed E-state index contributed by atoms with van der Waals surface area (Å²) in [4.78, 5) is 17.8. The summed E-state index contributed by atoms with van der Waals surface area (Å²) in [5.41, 5.74) is 3.26. The molecule has 0 radical (unpaired) electrons. The minimum atomic E-state index is -0.0506. The molecule has 0 spiro atoms. The van der Waals surface area contributed by atoms with Crippen molar-refractivity contribution < 1.29 is 4.79 Å². The van der Waals surface area contributed by atoms with Crippen LogP contribution in [-0.4, -0.2) is 15.5 Å². The van der Waals surface area contributed by atoms with Crippen molar-refractivity contribution in [3.8, 4) is 10.4 Å². The lowest BCUT2D eigenvalue weighted by Gasteiger charge is -2.01. The van der Waals surface area contributed by atoms with Gasteiger partial charge in [0.15, 0.2) is 5.13 Å². The van der Waals surface area contributed by atoms with Gasteiger partial charge in [0.2, 0.25) is 5.91 Å². The van der Waals surface area contributed by atoms with Crippen molar-refractivity contribution >= 4 is 33.3 Å². The Morgan fingerprint density at radius 1 is 1.12 bits per heavy atom. The van der Waals surface area contributed by atoms with Gasteiger partial charge in [0.05, 0.1) is 11.3 Å². The molecule has 0 fully saturated rings. The molecule has 0 aliphatic rings. The first-order chi connectivity index (χ1) is 12.2. The molecule has 4 nitrogen and oxygen atoms in total. The second-order valence-electron chi connectivity index (χ2n) is 5.90. The molecule has 0 bridgehead atoms. The highest BCUT2D eigenvalue weighted by Gasteiger charge is 2.12. The van der Waals surface area contributed by atoms with Crippen LogP contribution in [0.5, 0.6) is 0 Å². The third kappa shape index (κ3) is 3.19. The first kappa shape index (κ1) is 15.6. The van der Waals surface area contributed by atoms with Gasteiger partial charge in [-0.15, -0.1) is 0 Å². The summed E-state index contributed by atoms with van der Waals surface area (Å²) in [6.07, 6.45) is 4.15. The van der Waals surface area contributed by atoms with Gasteiger partial charge in [-0.05, 0) is 17.2 Å². The molecule has 0 saturated heterocycles. The number of fused-ring (bicyclic) bond motifs is 1. The number of aryl methyl sites for hydroxylation is 1. The summed E-state index contributed by atoms with van der Waals surface area (Å²) >= 11 is 1.49. The first-order valence-electron chi connectivity index (χ1n) is 8.05. The number of benzene rings is 2. The van der Waals surface area contributed by atoms with Crippen molar-refractivity contribution in [3.63, 3.8) is 0 Å². The number of carbonyl (C=O) groups is 1. The average molecular weight is 347 g/mol. The number of nitrogens with one attached hydrogen (secondary N) is 1. The molecule has 1 amide bonds. The van der Waals surface area contributed by atoms with Crippen molar-refractivity contribution in [1.29, 1.82) is 0 Å². The highest BCUT2D eigenvalue weighted by atomic mass is 32.1. The summed E-state index contributed by atoms with van der Waals surface area (Å²) in [5, 5.41) is 4.66. The number of para-hydroxylation sites is 1. The van der Waals surface area contributed by atoms with Crippen molar-refractivity contribution in [2.24, 2.45) is 7.05 Å². The Kier molecular flexibility index (Phi) is 4.07. The number of amides is 1. The topological polar surface area (TPSA) is 46.9 Å². The highest BCUT2D eigenvalue weighted by Crippen LogP contribution is 2.29. The summed E-state index contributed by atoms with van der Waals surface area (Å²) in [6.45, 7) is 0. The van der Waals surface area contributed by atoms with E-state index in [2.05, 4.69) is 27.0 Å². The number of thiazole rings is 1. The van der Waals surface area contributed by atoms with Gasteiger partial charge in [0.1, 0.15) is 0 Å². The number of carbonyl (C=O) groups excluding carboxylic acids is 1. The van der Waals surface area contributed by atoms with Crippen molar-refractivity contribution in [3.05, 3.63) is 72.6 Å². The predicted octanol–water partition coefficient (Wildman–Crippen LogP) is 4.48. The number of rotatable bonds is 4. The molecule has 4 aromatic rings. The minimum absolute atomic E-state index is 0.0506. The molecule has 2 aromatic carbocycles. The summed E-state index contributed by atoms with van der Waals surface area (Å²) in [5.74, 6) is -0.0506. The van der Waals surface area contributed by atoms with E-state index in [-0.39, 0.29) is 5.91 Å². The van der Waals surface area contributed by atoms with Crippen LogP contribution in [0.3, 0.4) is 0 Å². The monoisotopic (exact) mass is 347 g/mol. The summed E-state index contributed by atoms with van der Waals surface area (Å²) < 4.78 is 2.05. The Balaban J connectivity index is 1.50. The minimum Gasteiger partial charge on any atom is -0.350 e. The lowest BCUT2D eigenvalue weighted by atomic mass is 10.1. The van der Waals surface area contributed by atoms with Crippen LogP contribution < -0.4 is 5.32 Å². The van der Waals surface area contributed by atoms with Crippen LogP contribution >= 0.6 is 11.3 Å². The van der Waals surface area contributed by atoms with Crippen LogP contribution in [0.25, 0.3) is 21.3 Å². The standard InChI is InChI=1S/C20H17N3OS/c1-23-13-15(16-9-5-6-10-17(16)23)11-19(24)22-20-21-12-18(25-20)14-7-3-2-4-8-14/h2-10,12-13H,11H2,1H3,(H,21,22,24). The molecule has 0 aliphatic heterocycles. The van der Waals surface area contributed by atoms with Gasteiger partial charge in [-0.2, -0.15) is 0 Å². The maximum atomic E-state index is 12.4. The van der Waals surface area contributed by atoms with Gasteiger partial charge in [-0.1, -0.05) is 59.9 Å². The predicted molar refractivity (Wildman–Crippen MR) is 103 cm³/mol. The first-order valence-corrected chi connectivity index (χ1v) is 8.86. The average Bonchev–Trinajstić information content (AvgIpc) is 3.21. The number of hydrogen-bond acceptors (Lipinski definition) is 3. The Morgan fingerprint density at radius 3 is 2.72 bits per heavy atom. The van der Waals surface area contributed by atoms with Crippen LogP contribution in [0.4, 0.5) is 5.13 Å². The van der Waals surface area contributed by atoms with Gasteiger partial charge in [-0.25, -0.2) is 4.98 Å². The fourth-order valence-electron chi connectivity index (χ4n) is 2.97. The zero-order valence-electron chi connectivity index (χ0n) is 13.8. The normalized spacial score (nSPS) is 10.9. The Hall–Kier alpha value is -2.92. The van der Waals surface area contributed by atoms with Gasteiger partial charge >= 0.3 is 0 Å². The third-order valence-corrected chi connectivity index (χ3v) is 5.10. The number of anilines is 1. The van der Waals surface area contributed by atoms with E-state index in [0.717, 1.165) is 26.9 Å². The molecule has 25 heavy (non-hydrogen) atoms. The zero-order valence-corrected chi connectivity index (χ0v) is 14.6. The fraction of sp³-hybridized carbons (Fsp3) is 0.100. The molecular weight excluding hydrogens is 330 g/mol. The Bertz CT molecular complexity index is 1030. The van der Waals surface area contributed by atoms with Crippen LogP contribution in [0.15, 0.2) is 67.0 Å². The molecular formula is C20H17N3OS. The van der Waals surface area contributed by atoms with Gasteiger partial charge in [-0.3, -0.25) is 4.79 Å². The SMILES string of the molecule is Cn1cc(CC(=O)Nc2ncc(-c3ccccc3)s2)c2ccccc21. The third-order valence-electron chi connectivity index (χ3n) is 4.14. The number of hydrogen-bond donors (Lipinski definition) is 1. The molecule has 2 heterocycles. The Morgan fingerprint density at radius 2 is 1.88 bits per heavy atom. The van der Waals surface area contributed by atoms with E-state index in [1.165, 1.54) is 11.3 Å². The molecule has 5 heteroatoms. The molecule has 0 saturated carbocycles. The maximum Gasteiger partial charge on any atom is 0.230 e. The van der Waals surface area contributed by atoms with E-state index < -0.39 is 0 Å². The molecule has 0 unspecified atom stereocenters. The van der Waals surface area contributed by atoms with Gasteiger partial charge < -0.3 is 9.88 Å². The second-order valence-corrected chi connectivity index (χ2v) is 6.93. The van der Waals surface area contributed by atoms with Crippen LogP contribution in [0.2, 0.25) is 0 Å². The zero-order chi connectivity index (χ0) is 17.2. The van der Waals surface area contributed by atoms with E-state index in [1.54, 1.807) is 6.20 Å². The lowest BCUT2D eigenvalue weighted by Crippen LogP contribution is -2.13. The van der Waals surface area contributed by atoms with Gasteiger partial charge in [0.25, 0.3) is 0 Å². The molecule has 1 N–H and O–H groups in total. The Labute approximate surface area is 149 Å². The molecule has 0 atom stereocenters. The fourth-order valence-corrected chi connectivity index (χ4v) is 3.81. The van der Waals surface area contributed by atoms with E-state index >= 15 is 0 Å². The van der Waals surface area contributed by atoms with Crippen LogP contribution in [0, 0.1) is 0 Å². The number of nitrogens with zero attached hydrogens (tertiary/aromatic N) is 2. The van der Waals surface area contributed by atoms with Crippen molar-refractivity contribution in [2.75, 3.05) is 5.32 Å². The van der Waals surface area contributed by atoms with E-state index in [1.807, 2.05) is 55.7 Å². The summed E-state index contributed by atoms with van der Waals surface area (Å²) in [6, 6.07) is 18.2. The second kappa shape index (κ2) is 6.53. The molecule has 4 rings (SSSR count). The largest absolute Gasteiger partial charge is 0.350 e. The van der Waals surface area contributed by atoms with Crippen molar-refractivity contribution in [2.45, 2.75) is 6.42 Å². The maximum absolute atomic E-state index is 12.4. The van der Waals surface area contributed by atoms with E-state index in [9.17, 15) is 4.79 Å². The van der Waals surface area contributed by atoms with E-state index in [4.69, 9.17) is 0 Å².